The summed E-state index contributed by atoms with van der Waals surface area (Å²) in [6.45, 7) is 0. The van der Waals surface area contributed by atoms with E-state index < -0.39 is 14.2 Å². The number of hydrogen-bond donors (Lipinski definition) is 1. The molecule has 0 radical (unpaired) electrons. The van der Waals surface area contributed by atoms with Gasteiger partial charge in [0.25, 0.3) is 0 Å². The number of nitrogens with zero attached hydrogens (tertiary/aromatic N) is 3. The number of nitrogens with two attached hydrogens (primary N) is 1. The van der Waals surface area contributed by atoms with E-state index in [9.17, 15) is 8.42 Å². The third-order valence-corrected chi connectivity index (χ3v) is 3.22. The number of para-hydroxylation sites is 1. The molecule has 15 heavy (non-hydrogen) atoms. The summed E-state index contributed by atoms with van der Waals surface area (Å²) in [5, 5.41) is 12.3. The Morgan fingerprint density at radius 1 is 1.20 bits per heavy atom. The van der Waals surface area contributed by atoms with Crippen LogP contribution in [-0.2, 0) is 10.2 Å². The number of benzene rings is 1. The van der Waals surface area contributed by atoms with E-state index in [1.807, 2.05) is 0 Å². The van der Waals surface area contributed by atoms with Gasteiger partial charge >= 0.3 is 10.2 Å². The van der Waals surface area contributed by atoms with Crippen LogP contribution in [-0.4, -0.2) is 8.42 Å². The van der Waals surface area contributed by atoms with Crippen molar-refractivity contribution in [3.63, 3.8) is 0 Å². The number of hydrogen-bond acceptors (Lipinski definition) is 4. The summed E-state index contributed by atoms with van der Waals surface area (Å²) in [5.41, 5.74) is 0.428. The average molecular weight is 225 g/mol. The van der Waals surface area contributed by atoms with Crippen molar-refractivity contribution >= 4 is 15.9 Å². The zero-order chi connectivity index (χ0) is 10.9. The van der Waals surface area contributed by atoms with Crippen molar-refractivity contribution in [2.75, 3.05) is 0 Å². The van der Waals surface area contributed by atoms with Crippen LogP contribution in [0.5, 0.6) is 0 Å². The quantitative estimate of drug-likeness (QED) is 0.763. The van der Waals surface area contributed by atoms with Gasteiger partial charge in [-0.25, -0.2) is 0 Å². The van der Waals surface area contributed by atoms with E-state index in [-0.39, 0.29) is 0 Å². The zero-order valence-corrected chi connectivity index (χ0v) is 8.50. The molecule has 6 nitrogen and oxygen atoms in total. The molecular formula is C8H9N4O2S+. The third-order valence-electron chi connectivity index (χ3n) is 2.03. The van der Waals surface area contributed by atoms with Crippen LogP contribution < -0.4 is 9.14 Å². The molecule has 1 heterocycles. The predicted octanol–water partition coefficient (Wildman–Crippen LogP) is 1.05. The van der Waals surface area contributed by atoms with Crippen molar-refractivity contribution in [1.29, 1.82) is 0 Å². The summed E-state index contributed by atoms with van der Waals surface area (Å²) in [4.78, 5) is 0. The van der Waals surface area contributed by atoms with Crippen molar-refractivity contribution in [3.8, 4) is 0 Å². The minimum absolute atomic E-state index is 0.428. The van der Waals surface area contributed by atoms with Crippen molar-refractivity contribution in [2.24, 2.45) is 15.5 Å². The maximum atomic E-state index is 11.5. The second-order valence-corrected chi connectivity index (χ2v) is 4.56. The van der Waals surface area contributed by atoms with Gasteiger partial charge in [0.05, 0.1) is 5.22 Å². The van der Waals surface area contributed by atoms with Crippen molar-refractivity contribution in [3.05, 3.63) is 42.7 Å². The fraction of sp³-hybridized carbons (Fsp3) is 0. The summed E-state index contributed by atoms with van der Waals surface area (Å²) >= 11 is 0. The van der Waals surface area contributed by atoms with Crippen molar-refractivity contribution < 1.29 is 8.42 Å². The molecule has 7 heteroatoms. The molecule has 0 spiro atoms. The monoisotopic (exact) mass is 225 g/mol. The molecule has 0 fully saturated rings. The summed E-state index contributed by atoms with van der Waals surface area (Å²) in [6, 6.07) is 8.45. The first-order chi connectivity index (χ1) is 7.06. The highest BCUT2D eigenvalue weighted by Crippen LogP contribution is 2.30. The molecule has 1 aromatic carbocycles. The Hall–Kier alpha value is -1.57. The van der Waals surface area contributed by atoms with Crippen LogP contribution in [0.25, 0.3) is 0 Å². The maximum Gasteiger partial charge on any atom is 0.403 e. The van der Waals surface area contributed by atoms with Crippen LogP contribution in [0.2, 0.25) is 0 Å². The molecule has 0 saturated carbocycles. The van der Waals surface area contributed by atoms with Crippen molar-refractivity contribution in [1.82, 2.24) is 4.00 Å². The molecule has 1 unspecified atom stereocenters. The zero-order valence-electron chi connectivity index (χ0n) is 7.69. The number of rotatable bonds is 2. The maximum absolute atomic E-state index is 11.5. The Balaban J connectivity index is 2.66. The van der Waals surface area contributed by atoms with Gasteiger partial charge in [0.15, 0.2) is 11.9 Å². The van der Waals surface area contributed by atoms with Gasteiger partial charge in [-0.2, -0.15) is 13.6 Å². The molecule has 0 amide bonds. The summed E-state index contributed by atoms with van der Waals surface area (Å²) in [7, 11) is -3.93. The lowest BCUT2D eigenvalue weighted by Gasteiger charge is -2.18. The summed E-state index contributed by atoms with van der Waals surface area (Å²) < 4.78 is 22.2. The van der Waals surface area contributed by atoms with Gasteiger partial charge in [0.2, 0.25) is 0 Å². The Morgan fingerprint density at radius 2 is 1.87 bits per heavy atom. The standard InChI is InChI=1S/C8H9N4O2S/c9-15(13,14)12(7-6-10-11-12)8-4-2-1-3-5-8/h1-7H,(H2,9,13,14)/q+1. The van der Waals surface area contributed by atoms with E-state index in [1.165, 1.54) is 12.4 Å². The molecular weight excluding hydrogens is 216 g/mol. The lowest BCUT2D eigenvalue weighted by molar-refractivity contribution is 0.502. The van der Waals surface area contributed by atoms with Gasteiger partial charge in [-0.15, -0.1) is 5.11 Å². The third kappa shape index (κ3) is 1.46. The molecule has 78 valence electrons. The second-order valence-electron chi connectivity index (χ2n) is 2.98. The normalized spacial score (nSPS) is 24.6. The van der Waals surface area contributed by atoms with Gasteiger partial charge in [-0.3, -0.25) is 0 Å². The van der Waals surface area contributed by atoms with E-state index >= 15 is 0 Å². The van der Waals surface area contributed by atoms with Gasteiger partial charge in [0.1, 0.15) is 6.20 Å². The van der Waals surface area contributed by atoms with E-state index in [1.54, 1.807) is 30.3 Å². The van der Waals surface area contributed by atoms with E-state index in [4.69, 9.17) is 5.14 Å². The molecule has 0 aliphatic carbocycles. The molecule has 1 atom stereocenters. The minimum Gasteiger partial charge on any atom is -0.179 e. The average Bonchev–Trinajstić information content (AvgIpc) is 2.68. The Morgan fingerprint density at radius 3 is 2.33 bits per heavy atom. The van der Waals surface area contributed by atoms with Crippen molar-refractivity contribution in [2.45, 2.75) is 0 Å². The van der Waals surface area contributed by atoms with Crippen LogP contribution in [0, 0.1) is 0 Å². The molecule has 1 aliphatic heterocycles. The second kappa shape index (κ2) is 3.23. The first-order valence-corrected chi connectivity index (χ1v) is 5.64. The Labute approximate surface area is 87.1 Å². The lowest BCUT2D eigenvalue weighted by Crippen LogP contribution is -2.47. The first-order valence-electron chi connectivity index (χ1n) is 4.14. The van der Waals surface area contributed by atoms with Gasteiger partial charge in [-0.1, -0.05) is 18.2 Å². The SMILES string of the molecule is NS(=O)(=O)[N+]1(c2ccccc2)C=CN=N1. The van der Waals surface area contributed by atoms with E-state index in [0.717, 1.165) is 0 Å². The van der Waals surface area contributed by atoms with E-state index in [2.05, 4.69) is 10.3 Å². The first kappa shape index (κ1) is 9.97. The fourth-order valence-electron chi connectivity index (χ4n) is 1.32. The lowest BCUT2D eigenvalue weighted by atomic mass is 10.3. The fourth-order valence-corrected chi connectivity index (χ4v) is 2.10. The topological polar surface area (TPSA) is 84.9 Å². The molecule has 0 bridgehead atoms. The minimum atomic E-state index is -3.93. The molecule has 2 N–H and O–H groups in total. The van der Waals surface area contributed by atoms with E-state index in [0.29, 0.717) is 5.69 Å². The molecule has 1 aromatic rings. The highest BCUT2D eigenvalue weighted by atomic mass is 32.2. The van der Waals surface area contributed by atoms with Gasteiger partial charge in [0, 0.05) is 12.1 Å². The summed E-state index contributed by atoms with van der Waals surface area (Å²) in [5.74, 6) is 0. The van der Waals surface area contributed by atoms with Crippen LogP contribution in [0.15, 0.2) is 53.1 Å². The highest BCUT2D eigenvalue weighted by Gasteiger charge is 2.44. The van der Waals surface area contributed by atoms with Crippen LogP contribution >= 0.6 is 0 Å². The van der Waals surface area contributed by atoms with Gasteiger partial charge in [-0.05, 0) is 4.00 Å². The van der Waals surface area contributed by atoms with Crippen LogP contribution in [0.3, 0.4) is 0 Å². The Kier molecular flexibility index (Phi) is 2.14. The largest absolute Gasteiger partial charge is 0.403 e. The summed E-state index contributed by atoms with van der Waals surface area (Å²) in [6.07, 6.45) is 2.61. The smallest absolute Gasteiger partial charge is 0.179 e. The van der Waals surface area contributed by atoms with Crippen LogP contribution in [0.4, 0.5) is 5.69 Å². The highest BCUT2D eigenvalue weighted by molar-refractivity contribution is 7.88. The molecule has 2 rings (SSSR count). The van der Waals surface area contributed by atoms with Gasteiger partial charge < -0.3 is 0 Å². The Bertz CT molecular complexity index is 509. The molecule has 0 saturated heterocycles. The predicted molar refractivity (Wildman–Crippen MR) is 55.3 cm³/mol. The molecule has 0 aromatic heterocycles. The van der Waals surface area contributed by atoms with Crippen LogP contribution in [0.1, 0.15) is 0 Å². The number of quaternary nitrogens is 1. The molecule has 1 aliphatic rings.